The number of hydrogen-bond acceptors (Lipinski definition) is 5. The summed E-state index contributed by atoms with van der Waals surface area (Å²) in [5.74, 6) is 1.11. The lowest BCUT2D eigenvalue weighted by Gasteiger charge is -2.11. The summed E-state index contributed by atoms with van der Waals surface area (Å²) in [6.45, 7) is 5.40. The summed E-state index contributed by atoms with van der Waals surface area (Å²) in [5.41, 5.74) is 0.683. The van der Waals surface area contributed by atoms with Gasteiger partial charge in [0.05, 0.1) is 12.8 Å². The van der Waals surface area contributed by atoms with E-state index in [1.165, 1.54) is 10.7 Å². The molecule has 0 unspecified atom stereocenters. The van der Waals surface area contributed by atoms with Gasteiger partial charge in [-0.2, -0.15) is 9.78 Å². The van der Waals surface area contributed by atoms with Gasteiger partial charge in [-0.1, -0.05) is 13.8 Å². The number of nitrogens with zero attached hydrogens (tertiary/aromatic N) is 2. The maximum atomic E-state index is 12.0. The van der Waals surface area contributed by atoms with Gasteiger partial charge in [-0.3, -0.25) is 4.79 Å². The second-order valence-electron chi connectivity index (χ2n) is 5.45. The van der Waals surface area contributed by atoms with E-state index in [0.29, 0.717) is 29.6 Å². The normalized spacial score (nSPS) is 10.9. The second kappa shape index (κ2) is 7.09. The van der Waals surface area contributed by atoms with Crippen molar-refractivity contribution in [2.45, 2.75) is 20.4 Å². The highest BCUT2D eigenvalue weighted by Gasteiger charge is 2.09. The summed E-state index contributed by atoms with van der Waals surface area (Å²) < 4.78 is 6.37. The van der Waals surface area contributed by atoms with Crippen molar-refractivity contribution >= 4 is 0 Å². The average Bonchev–Trinajstić information content (AvgIpc) is 2.49. The van der Waals surface area contributed by atoms with Gasteiger partial charge in [0.25, 0.3) is 5.56 Å². The standard InChI is InChI=1S/C16H21N3O3/c1-11(2)9-17-10-14-15(20)8-16(21)19(18-14)12-4-6-13(22-3)7-5-12/h4-8,11,17,20H,9-10H2,1-3H3. The molecule has 0 spiro atoms. The molecule has 0 bridgehead atoms. The zero-order valence-electron chi connectivity index (χ0n) is 13.0. The summed E-state index contributed by atoms with van der Waals surface area (Å²) >= 11 is 0. The molecule has 0 fully saturated rings. The molecule has 2 rings (SSSR count). The lowest BCUT2D eigenvalue weighted by molar-refractivity contribution is 0.414. The van der Waals surface area contributed by atoms with E-state index in [1.807, 2.05) is 0 Å². The number of benzene rings is 1. The molecular formula is C16H21N3O3. The van der Waals surface area contributed by atoms with Gasteiger partial charge in [0.15, 0.2) is 0 Å². The Morgan fingerprint density at radius 2 is 2.00 bits per heavy atom. The van der Waals surface area contributed by atoms with Gasteiger partial charge < -0.3 is 15.2 Å². The molecule has 2 aromatic rings. The summed E-state index contributed by atoms with van der Waals surface area (Å²) in [6, 6.07) is 8.19. The van der Waals surface area contributed by atoms with Gasteiger partial charge in [-0.15, -0.1) is 0 Å². The first-order chi connectivity index (χ1) is 10.5. The first-order valence-corrected chi connectivity index (χ1v) is 7.18. The predicted octanol–water partition coefficient (Wildman–Crippen LogP) is 1.69. The van der Waals surface area contributed by atoms with E-state index in [2.05, 4.69) is 24.3 Å². The Bertz CT molecular complexity index is 678. The minimum Gasteiger partial charge on any atom is -0.506 e. The molecule has 1 aromatic carbocycles. The van der Waals surface area contributed by atoms with Crippen molar-refractivity contribution in [1.82, 2.24) is 15.1 Å². The zero-order chi connectivity index (χ0) is 16.1. The van der Waals surface area contributed by atoms with Crippen molar-refractivity contribution in [3.63, 3.8) is 0 Å². The van der Waals surface area contributed by atoms with Crippen LogP contribution in [0, 0.1) is 5.92 Å². The summed E-state index contributed by atoms with van der Waals surface area (Å²) in [4.78, 5) is 12.0. The Balaban J connectivity index is 2.28. The van der Waals surface area contributed by atoms with E-state index in [0.717, 1.165) is 6.54 Å². The van der Waals surface area contributed by atoms with Crippen LogP contribution >= 0.6 is 0 Å². The van der Waals surface area contributed by atoms with Crippen molar-refractivity contribution in [1.29, 1.82) is 0 Å². The van der Waals surface area contributed by atoms with Crippen LogP contribution in [0.5, 0.6) is 11.5 Å². The summed E-state index contributed by atoms with van der Waals surface area (Å²) in [6.07, 6.45) is 0. The van der Waals surface area contributed by atoms with E-state index in [4.69, 9.17) is 4.74 Å². The molecular weight excluding hydrogens is 282 g/mol. The molecule has 22 heavy (non-hydrogen) atoms. The Morgan fingerprint density at radius 3 is 2.59 bits per heavy atom. The minimum atomic E-state index is -0.379. The minimum absolute atomic E-state index is 0.0917. The van der Waals surface area contributed by atoms with E-state index in [1.54, 1.807) is 31.4 Å². The molecule has 0 atom stereocenters. The third-order valence-electron chi connectivity index (χ3n) is 3.15. The van der Waals surface area contributed by atoms with E-state index in [-0.39, 0.29) is 11.3 Å². The van der Waals surface area contributed by atoms with Crippen molar-refractivity contribution < 1.29 is 9.84 Å². The number of nitrogens with one attached hydrogen (secondary N) is 1. The monoisotopic (exact) mass is 303 g/mol. The molecule has 0 radical (unpaired) electrons. The third-order valence-corrected chi connectivity index (χ3v) is 3.15. The van der Waals surface area contributed by atoms with Crippen LogP contribution in [0.3, 0.4) is 0 Å². The smallest absolute Gasteiger partial charge is 0.275 e. The molecule has 118 valence electrons. The number of rotatable bonds is 6. The highest BCUT2D eigenvalue weighted by atomic mass is 16.5. The lowest BCUT2D eigenvalue weighted by atomic mass is 10.2. The molecule has 0 aliphatic carbocycles. The van der Waals surface area contributed by atoms with E-state index >= 15 is 0 Å². The average molecular weight is 303 g/mol. The quantitative estimate of drug-likeness (QED) is 0.849. The summed E-state index contributed by atoms with van der Waals surface area (Å²) in [7, 11) is 1.58. The first kappa shape index (κ1) is 16.0. The highest BCUT2D eigenvalue weighted by Crippen LogP contribution is 2.15. The van der Waals surface area contributed by atoms with Crippen LogP contribution in [0.25, 0.3) is 5.69 Å². The maximum Gasteiger partial charge on any atom is 0.275 e. The molecule has 0 aliphatic heterocycles. The molecule has 0 saturated heterocycles. The van der Waals surface area contributed by atoms with Gasteiger partial charge in [0, 0.05) is 12.6 Å². The summed E-state index contributed by atoms with van der Waals surface area (Å²) in [5, 5.41) is 17.3. The number of ether oxygens (including phenoxy) is 1. The van der Waals surface area contributed by atoms with Gasteiger partial charge in [-0.25, -0.2) is 0 Å². The maximum absolute atomic E-state index is 12.0. The zero-order valence-corrected chi connectivity index (χ0v) is 13.0. The van der Waals surface area contributed by atoms with Crippen LogP contribution in [0.15, 0.2) is 35.1 Å². The Morgan fingerprint density at radius 1 is 1.32 bits per heavy atom. The molecule has 0 aliphatic rings. The van der Waals surface area contributed by atoms with Crippen LogP contribution < -0.4 is 15.6 Å². The van der Waals surface area contributed by atoms with Crippen LogP contribution in [0.2, 0.25) is 0 Å². The fourth-order valence-electron chi connectivity index (χ4n) is 2.00. The number of aromatic hydroxyl groups is 1. The molecule has 6 heteroatoms. The van der Waals surface area contributed by atoms with E-state index in [9.17, 15) is 9.90 Å². The predicted molar refractivity (Wildman–Crippen MR) is 84.6 cm³/mol. The number of hydrogen-bond donors (Lipinski definition) is 2. The van der Waals surface area contributed by atoms with Crippen molar-refractivity contribution in [3.8, 4) is 17.2 Å². The van der Waals surface area contributed by atoms with Crippen LogP contribution in [-0.4, -0.2) is 28.5 Å². The second-order valence-corrected chi connectivity index (χ2v) is 5.45. The number of methoxy groups -OCH3 is 1. The SMILES string of the molecule is COc1ccc(-n2nc(CNCC(C)C)c(O)cc2=O)cc1. The van der Waals surface area contributed by atoms with Gasteiger partial charge >= 0.3 is 0 Å². The van der Waals surface area contributed by atoms with E-state index < -0.39 is 0 Å². The lowest BCUT2D eigenvalue weighted by Crippen LogP contribution is -2.25. The van der Waals surface area contributed by atoms with Crippen LogP contribution in [0.1, 0.15) is 19.5 Å². The Hall–Kier alpha value is -2.34. The van der Waals surface area contributed by atoms with Gasteiger partial charge in [0.2, 0.25) is 0 Å². The largest absolute Gasteiger partial charge is 0.506 e. The van der Waals surface area contributed by atoms with Gasteiger partial charge in [-0.05, 0) is 36.7 Å². The van der Waals surface area contributed by atoms with Crippen LogP contribution in [-0.2, 0) is 6.54 Å². The fourth-order valence-corrected chi connectivity index (χ4v) is 2.00. The molecule has 1 aromatic heterocycles. The molecule has 0 saturated carbocycles. The van der Waals surface area contributed by atoms with Crippen LogP contribution in [0.4, 0.5) is 0 Å². The molecule has 0 amide bonds. The molecule has 2 N–H and O–H groups in total. The Kier molecular flexibility index (Phi) is 5.16. The van der Waals surface area contributed by atoms with Crippen molar-refractivity contribution in [2.24, 2.45) is 5.92 Å². The van der Waals surface area contributed by atoms with Crippen molar-refractivity contribution in [2.75, 3.05) is 13.7 Å². The highest BCUT2D eigenvalue weighted by molar-refractivity contribution is 5.37. The van der Waals surface area contributed by atoms with Gasteiger partial charge in [0.1, 0.15) is 17.2 Å². The fraction of sp³-hybridized carbons (Fsp3) is 0.375. The molecule has 1 heterocycles. The number of aromatic nitrogens is 2. The molecule has 6 nitrogen and oxygen atoms in total. The topological polar surface area (TPSA) is 76.4 Å². The Labute approximate surface area is 129 Å². The van der Waals surface area contributed by atoms with Crippen molar-refractivity contribution in [3.05, 3.63) is 46.4 Å². The third kappa shape index (κ3) is 3.85. The first-order valence-electron chi connectivity index (χ1n) is 7.18.